The zero-order valence-electron chi connectivity index (χ0n) is 27.7. The summed E-state index contributed by atoms with van der Waals surface area (Å²) < 4.78 is 4.90. The number of hydrogen-bond donors (Lipinski definition) is 0. The van der Waals surface area contributed by atoms with Gasteiger partial charge in [-0.2, -0.15) is 0 Å². The Morgan fingerprint density at radius 1 is 0.380 bits per heavy atom. The van der Waals surface area contributed by atoms with E-state index in [1.165, 1.54) is 104 Å². The molecule has 0 bridgehead atoms. The number of para-hydroxylation sites is 2. The first-order chi connectivity index (χ1) is 24.8. The first kappa shape index (κ1) is 27.8. The molecule has 0 fully saturated rings. The van der Waals surface area contributed by atoms with Gasteiger partial charge in [-0.15, -0.1) is 0 Å². The average molecular weight is 653 g/mol. The van der Waals surface area contributed by atoms with E-state index in [1.807, 2.05) is 0 Å². The zero-order valence-corrected chi connectivity index (χ0v) is 29.1. The number of hydrogen-bond acceptors (Lipinski definition) is 0. The first-order valence-corrected chi connectivity index (χ1v) is 19.7. The lowest BCUT2D eigenvalue weighted by molar-refractivity contribution is 1.18. The average Bonchev–Trinajstić information content (AvgIpc) is 3.81. The lowest BCUT2D eigenvalue weighted by atomic mass is 10.0. The van der Waals surface area contributed by atoms with Gasteiger partial charge >= 0.3 is 0 Å². The molecule has 2 aromatic heterocycles. The first-order valence-electron chi connectivity index (χ1n) is 17.6. The fourth-order valence-corrected chi connectivity index (χ4v) is 9.42. The number of fused-ring (bicyclic) bond motifs is 9. The van der Waals surface area contributed by atoms with E-state index in [-0.39, 0.29) is 9.52 Å². The van der Waals surface area contributed by atoms with E-state index in [0.717, 1.165) is 0 Å². The van der Waals surface area contributed by atoms with Crippen LogP contribution >= 0.6 is 0 Å². The molecule has 11 rings (SSSR count). The van der Waals surface area contributed by atoms with Crippen LogP contribution in [0.25, 0.3) is 99.1 Å². The largest absolute Gasteiger partial charge is 0.309 e. The molecule has 10 aromatic rings. The predicted octanol–water partition coefficient (Wildman–Crippen LogP) is 11.2. The van der Waals surface area contributed by atoms with Crippen LogP contribution in [0.4, 0.5) is 0 Å². The molecule has 234 valence electrons. The summed E-state index contributed by atoms with van der Waals surface area (Å²) in [4.78, 5) is 0. The van der Waals surface area contributed by atoms with Gasteiger partial charge in [0.2, 0.25) is 0 Å². The van der Waals surface area contributed by atoms with Gasteiger partial charge in [0.15, 0.2) is 0 Å². The van der Waals surface area contributed by atoms with Crippen LogP contribution in [0, 0.1) is 0 Å². The van der Waals surface area contributed by atoms with Crippen molar-refractivity contribution in [1.82, 2.24) is 9.13 Å². The van der Waals surface area contributed by atoms with Crippen LogP contribution in [-0.4, -0.2) is 18.7 Å². The van der Waals surface area contributed by atoms with Gasteiger partial charge < -0.3 is 9.13 Å². The minimum Gasteiger partial charge on any atom is -0.309 e. The van der Waals surface area contributed by atoms with Gasteiger partial charge in [0.25, 0.3) is 0 Å². The molecule has 0 aliphatic heterocycles. The van der Waals surface area contributed by atoms with Crippen molar-refractivity contribution in [3.63, 3.8) is 0 Å². The molecule has 0 atom stereocenters. The van der Waals surface area contributed by atoms with Crippen LogP contribution in [0.5, 0.6) is 0 Å². The van der Waals surface area contributed by atoms with Gasteiger partial charge in [0, 0.05) is 32.6 Å². The van der Waals surface area contributed by atoms with E-state index in [2.05, 4.69) is 179 Å². The minimum atomic E-state index is -0.183. The monoisotopic (exact) mass is 652 g/mol. The molecule has 0 saturated heterocycles. The Morgan fingerprint density at radius 3 is 1.56 bits per heavy atom. The van der Waals surface area contributed by atoms with Crippen LogP contribution in [0.2, 0.25) is 6.55 Å². The van der Waals surface area contributed by atoms with Crippen LogP contribution in [-0.2, 0) is 0 Å². The normalized spacial score (nSPS) is 12.4. The van der Waals surface area contributed by atoms with Crippen molar-refractivity contribution >= 4 is 69.1 Å². The Balaban J connectivity index is 1.11. The summed E-state index contributed by atoms with van der Waals surface area (Å²) in [6.45, 7) is 2.35. The van der Waals surface area contributed by atoms with Crippen molar-refractivity contribution in [3.8, 4) is 44.8 Å². The molecule has 2 heterocycles. The third-order valence-electron chi connectivity index (χ3n) is 11.0. The molecule has 0 amide bonds. The molecule has 0 N–H and O–H groups in total. The van der Waals surface area contributed by atoms with Crippen LogP contribution in [0.15, 0.2) is 164 Å². The van der Waals surface area contributed by atoms with Gasteiger partial charge in [-0.1, -0.05) is 121 Å². The molecule has 50 heavy (non-hydrogen) atoms. The van der Waals surface area contributed by atoms with Crippen LogP contribution in [0.1, 0.15) is 0 Å². The highest BCUT2D eigenvalue weighted by molar-refractivity contribution is 6.51. The highest BCUT2D eigenvalue weighted by Gasteiger charge is 2.24. The van der Waals surface area contributed by atoms with Crippen molar-refractivity contribution in [2.45, 2.75) is 6.55 Å². The Morgan fingerprint density at radius 2 is 0.900 bits per heavy atom. The highest BCUT2D eigenvalue weighted by Crippen LogP contribution is 2.49. The molecule has 3 heteroatoms. The topological polar surface area (TPSA) is 9.86 Å². The summed E-state index contributed by atoms with van der Waals surface area (Å²) >= 11 is 0. The standard InChI is InChI=1S/C47H32N2Si/c1-50-32-21-19-31(20-22-32)48-42-15-6-4-11-35(42)40-27-29(17-24-45(40)48)30-18-25-46-41(28-30)36-12-5-7-16-43(36)49(46)44-26-23-38-34-10-3-2-9-33(34)37-13-8-14-39(44)47(37)38/h2-28H,50H2,1H3. The lowest BCUT2D eigenvalue weighted by Crippen LogP contribution is -2.09. The van der Waals surface area contributed by atoms with E-state index >= 15 is 0 Å². The van der Waals surface area contributed by atoms with Crippen molar-refractivity contribution in [1.29, 1.82) is 0 Å². The van der Waals surface area contributed by atoms with Crippen LogP contribution in [0.3, 0.4) is 0 Å². The molecule has 2 nitrogen and oxygen atoms in total. The Kier molecular flexibility index (Phi) is 5.78. The summed E-state index contributed by atoms with van der Waals surface area (Å²) in [6, 6.07) is 61.2. The molecule has 0 spiro atoms. The van der Waals surface area contributed by atoms with Crippen molar-refractivity contribution in [3.05, 3.63) is 164 Å². The van der Waals surface area contributed by atoms with Gasteiger partial charge in [-0.25, -0.2) is 0 Å². The fourth-order valence-electron chi connectivity index (χ4n) is 8.71. The summed E-state index contributed by atoms with van der Waals surface area (Å²) in [5.41, 5.74) is 15.1. The van der Waals surface area contributed by atoms with Gasteiger partial charge in [0.1, 0.15) is 0 Å². The van der Waals surface area contributed by atoms with E-state index in [1.54, 1.807) is 0 Å². The third kappa shape index (κ3) is 3.78. The predicted molar refractivity (Wildman–Crippen MR) is 217 cm³/mol. The lowest BCUT2D eigenvalue weighted by Gasteiger charge is -2.13. The Labute approximate surface area is 292 Å². The fraction of sp³-hybridized carbons (Fsp3) is 0.0213. The zero-order chi connectivity index (χ0) is 32.9. The maximum atomic E-state index is 2.48. The third-order valence-corrected chi connectivity index (χ3v) is 12.3. The number of nitrogens with zero attached hydrogens (tertiary/aromatic N) is 2. The molecule has 8 aromatic carbocycles. The second-order valence-corrected chi connectivity index (χ2v) is 15.1. The van der Waals surface area contributed by atoms with Crippen molar-refractivity contribution in [2.24, 2.45) is 0 Å². The SMILES string of the molecule is C[SiH2]c1ccc(-n2c3ccccc3c3cc(-c4ccc5c(c4)c4ccccc4n5-c4ccc5c6c(cccc46)-c4ccccc4-5)ccc32)cc1. The number of aromatic nitrogens is 2. The van der Waals surface area contributed by atoms with E-state index in [4.69, 9.17) is 0 Å². The summed E-state index contributed by atoms with van der Waals surface area (Å²) in [5.74, 6) is 0. The molecule has 0 radical (unpaired) electrons. The molecule has 0 unspecified atom stereocenters. The molecular formula is C47H32N2Si. The summed E-state index contributed by atoms with van der Waals surface area (Å²) in [7, 11) is -0.183. The van der Waals surface area contributed by atoms with Gasteiger partial charge in [-0.3, -0.25) is 0 Å². The quantitative estimate of drug-likeness (QED) is 0.167. The smallest absolute Gasteiger partial charge is 0.0541 e. The van der Waals surface area contributed by atoms with Crippen molar-refractivity contribution in [2.75, 3.05) is 0 Å². The maximum Gasteiger partial charge on any atom is 0.0541 e. The second-order valence-electron chi connectivity index (χ2n) is 13.6. The van der Waals surface area contributed by atoms with Crippen LogP contribution < -0.4 is 5.19 Å². The van der Waals surface area contributed by atoms with Gasteiger partial charge in [-0.05, 0) is 93.4 Å². The number of rotatable bonds is 4. The second kappa shape index (κ2) is 10.4. The van der Waals surface area contributed by atoms with Crippen molar-refractivity contribution < 1.29 is 0 Å². The highest BCUT2D eigenvalue weighted by atomic mass is 28.2. The molecule has 0 saturated carbocycles. The molecule has 1 aliphatic carbocycles. The van der Waals surface area contributed by atoms with Gasteiger partial charge in [0.05, 0.1) is 37.3 Å². The summed E-state index contributed by atoms with van der Waals surface area (Å²) in [5, 5.41) is 9.24. The number of benzene rings is 8. The van der Waals surface area contributed by atoms with E-state index in [0.29, 0.717) is 0 Å². The summed E-state index contributed by atoms with van der Waals surface area (Å²) in [6.07, 6.45) is 0. The van der Waals surface area contributed by atoms with E-state index < -0.39 is 0 Å². The molecular weight excluding hydrogens is 621 g/mol. The Bertz CT molecular complexity index is 2990. The minimum absolute atomic E-state index is 0.183. The maximum absolute atomic E-state index is 2.48. The van der Waals surface area contributed by atoms with E-state index in [9.17, 15) is 0 Å². The Hall–Kier alpha value is -6.16. The molecule has 1 aliphatic rings.